The van der Waals surface area contributed by atoms with Crippen molar-refractivity contribution in [1.82, 2.24) is 9.80 Å². The molecule has 1 aliphatic heterocycles. The SMILES string of the molecule is CCCC1CN(C(=O)C2CC2)CCN1CCOC. The van der Waals surface area contributed by atoms with Crippen LogP contribution in [0.5, 0.6) is 0 Å². The lowest BCUT2D eigenvalue weighted by Gasteiger charge is -2.41. The van der Waals surface area contributed by atoms with Crippen molar-refractivity contribution >= 4 is 5.91 Å². The van der Waals surface area contributed by atoms with Gasteiger partial charge in [-0.25, -0.2) is 0 Å². The topological polar surface area (TPSA) is 32.8 Å². The van der Waals surface area contributed by atoms with Gasteiger partial charge in [0.15, 0.2) is 0 Å². The van der Waals surface area contributed by atoms with E-state index >= 15 is 0 Å². The van der Waals surface area contributed by atoms with Crippen LogP contribution in [0.4, 0.5) is 0 Å². The number of carbonyl (C=O) groups excluding carboxylic acids is 1. The minimum atomic E-state index is 0.359. The monoisotopic (exact) mass is 254 g/mol. The van der Waals surface area contributed by atoms with Gasteiger partial charge in [-0.3, -0.25) is 9.69 Å². The molecule has 104 valence electrons. The normalized spacial score (nSPS) is 25.4. The maximum absolute atomic E-state index is 12.1. The quantitative estimate of drug-likeness (QED) is 0.717. The van der Waals surface area contributed by atoms with Crippen LogP contribution in [0.3, 0.4) is 0 Å². The molecule has 2 rings (SSSR count). The van der Waals surface area contributed by atoms with Gasteiger partial charge in [-0.1, -0.05) is 13.3 Å². The molecule has 2 aliphatic rings. The van der Waals surface area contributed by atoms with Crippen molar-refractivity contribution in [2.75, 3.05) is 39.9 Å². The Morgan fingerprint density at radius 2 is 2.11 bits per heavy atom. The van der Waals surface area contributed by atoms with Crippen LogP contribution in [0.25, 0.3) is 0 Å². The summed E-state index contributed by atoms with van der Waals surface area (Å²) in [5, 5.41) is 0. The molecule has 1 unspecified atom stereocenters. The van der Waals surface area contributed by atoms with Gasteiger partial charge >= 0.3 is 0 Å². The lowest BCUT2D eigenvalue weighted by Crippen LogP contribution is -2.55. The Hall–Kier alpha value is -0.610. The van der Waals surface area contributed by atoms with Crippen molar-refractivity contribution < 1.29 is 9.53 Å². The molecule has 0 aromatic rings. The van der Waals surface area contributed by atoms with Gasteiger partial charge in [0.25, 0.3) is 0 Å². The van der Waals surface area contributed by atoms with E-state index in [9.17, 15) is 4.79 Å². The fourth-order valence-electron chi connectivity index (χ4n) is 2.79. The second-order valence-electron chi connectivity index (χ2n) is 5.53. The smallest absolute Gasteiger partial charge is 0.225 e. The fourth-order valence-corrected chi connectivity index (χ4v) is 2.79. The van der Waals surface area contributed by atoms with Gasteiger partial charge in [-0.15, -0.1) is 0 Å². The molecule has 0 aromatic heterocycles. The summed E-state index contributed by atoms with van der Waals surface area (Å²) >= 11 is 0. The van der Waals surface area contributed by atoms with Crippen LogP contribution < -0.4 is 0 Å². The summed E-state index contributed by atoms with van der Waals surface area (Å²) in [6, 6.07) is 0.529. The standard InChI is InChI=1S/C14H26N2O2/c1-3-4-13-11-16(14(17)12-5-6-12)8-7-15(13)9-10-18-2/h12-13H,3-11H2,1-2H3. The summed E-state index contributed by atoms with van der Waals surface area (Å²) in [6.45, 7) is 6.83. The number of nitrogens with zero attached hydrogens (tertiary/aromatic N) is 2. The van der Waals surface area contributed by atoms with Crippen molar-refractivity contribution in [2.24, 2.45) is 5.92 Å². The number of hydrogen-bond acceptors (Lipinski definition) is 3. The number of ether oxygens (including phenoxy) is 1. The minimum absolute atomic E-state index is 0.359. The van der Waals surface area contributed by atoms with Crippen molar-refractivity contribution in [2.45, 2.75) is 38.6 Å². The van der Waals surface area contributed by atoms with Crippen LogP contribution in [0.15, 0.2) is 0 Å². The molecule has 1 atom stereocenters. The Kier molecular flexibility index (Phi) is 5.01. The minimum Gasteiger partial charge on any atom is -0.383 e. The molecule has 1 saturated carbocycles. The molecule has 4 nitrogen and oxygen atoms in total. The maximum Gasteiger partial charge on any atom is 0.225 e. The molecule has 0 spiro atoms. The third-order valence-corrected chi connectivity index (χ3v) is 4.05. The maximum atomic E-state index is 12.1. The third kappa shape index (κ3) is 3.45. The molecular weight excluding hydrogens is 228 g/mol. The van der Waals surface area contributed by atoms with Gasteiger partial charge < -0.3 is 9.64 Å². The highest BCUT2D eigenvalue weighted by Crippen LogP contribution is 2.31. The zero-order valence-corrected chi connectivity index (χ0v) is 11.7. The first-order valence-corrected chi connectivity index (χ1v) is 7.28. The fraction of sp³-hybridized carbons (Fsp3) is 0.929. The van der Waals surface area contributed by atoms with Crippen LogP contribution in [-0.4, -0.2) is 61.6 Å². The number of hydrogen-bond donors (Lipinski definition) is 0. The molecule has 1 amide bonds. The van der Waals surface area contributed by atoms with Crippen LogP contribution in [-0.2, 0) is 9.53 Å². The van der Waals surface area contributed by atoms with E-state index in [4.69, 9.17) is 4.74 Å². The van der Waals surface area contributed by atoms with Gasteiger partial charge in [0, 0.05) is 45.2 Å². The molecule has 4 heteroatoms. The average molecular weight is 254 g/mol. The van der Waals surface area contributed by atoms with E-state index in [1.807, 2.05) is 0 Å². The van der Waals surface area contributed by atoms with E-state index in [0.29, 0.717) is 17.9 Å². The molecule has 18 heavy (non-hydrogen) atoms. The summed E-state index contributed by atoms with van der Waals surface area (Å²) in [6.07, 6.45) is 4.58. The Morgan fingerprint density at radius 1 is 1.33 bits per heavy atom. The second-order valence-corrected chi connectivity index (χ2v) is 5.53. The summed E-state index contributed by atoms with van der Waals surface area (Å²) in [7, 11) is 1.75. The van der Waals surface area contributed by atoms with Gasteiger partial charge in [0.05, 0.1) is 6.61 Å². The molecule has 1 saturated heterocycles. The van der Waals surface area contributed by atoms with E-state index in [0.717, 1.165) is 45.6 Å². The Bertz CT molecular complexity index is 279. The Balaban J connectivity index is 1.87. The molecule has 0 aromatic carbocycles. The second kappa shape index (κ2) is 6.53. The number of piperazine rings is 1. The van der Waals surface area contributed by atoms with E-state index in [2.05, 4.69) is 16.7 Å². The highest BCUT2D eigenvalue weighted by atomic mass is 16.5. The van der Waals surface area contributed by atoms with Crippen LogP contribution in [0, 0.1) is 5.92 Å². The molecule has 1 aliphatic carbocycles. The summed E-state index contributed by atoms with van der Waals surface area (Å²) < 4.78 is 5.17. The van der Waals surface area contributed by atoms with Gasteiger partial charge in [-0.05, 0) is 19.3 Å². The Labute approximate surface area is 110 Å². The highest BCUT2D eigenvalue weighted by molar-refractivity contribution is 5.81. The van der Waals surface area contributed by atoms with Crippen molar-refractivity contribution in [3.05, 3.63) is 0 Å². The summed E-state index contributed by atoms with van der Waals surface area (Å²) in [4.78, 5) is 16.7. The highest BCUT2D eigenvalue weighted by Gasteiger charge is 2.36. The first kappa shape index (κ1) is 13.8. The van der Waals surface area contributed by atoms with Gasteiger partial charge in [0.1, 0.15) is 0 Å². The van der Waals surface area contributed by atoms with Gasteiger partial charge in [-0.2, -0.15) is 0 Å². The lowest BCUT2D eigenvalue weighted by atomic mass is 10.1. The predicted molar refractivity (Wildman–Crippen MR) is 71.4 cm³/mol. The van der Waals surface area contributed by atoms with Crippen LogP contribution in [0.2, 0.25) is 0 Å². The zero-order valence-electron chi connectivity index (χ0n) is 11.7. The molecule has 0 N–H and O–H groups in total. The number of rotatable bonds is 6. The van der Waals surface area contributed by atoms with Crippen molar-refractivity contribution in [3.63, 3.8) is 0 Å². The molecular formula is C14H26N2O2. The first-order valence-electron chi connectivity index (χ1n) is 7.28. The Morgan fingerprint density at radius 3 is 2.72 bits per heavy atom. The zero-order chi connectivity index (χ0) is 13.0. The first-order chi connectivity index (χ1) is 8.76. The number of amides is 1. The average Bonchev–Trinajstić information content (AvgIpc) is 3.21. The lowest BCUT2D eigenvalue weighted by molar-refractivity contribution is -0.135. The molecule has 0 radical (unpaired) electrons. The van der Waals surface area contributed by atoms with Crippen LogP contribution in [0.1, 0.15) is 32.6 Å². The van der Waals surface area contributed by atoms with E-state index < -0.39 is 0 Å². The van der Waals surface area contributed by atoms with Crippen LogP contribution >= 0.6 is 0 Å². The van der Waals surface area contributed by atoms with Crippen molar-refractivity contribution in [3.8, 4) is 0 Å². The molecule has 0 bridgehead atoms. The summed E-state index contributed by atoms with van der Waals surface area (Å²) in [5.41, 5.74) is 0. The van der Waals surface area contributed by atoms with E-state index in [1.54, 1.807) is 7.11 Å². The summed E-state index contributed by atoms with van der Waals surface area (Å²) in [5.74, 6) is 0.764. The largest absolute Gasteiger partial charge is 0.383 e. The molecule has 1 heterocycles. The number of methoxy groups -OCH3 is 1. The molecule has 2 fully saturated rings. The number of carbonyl (C=O) groups is 1. The predicted octanol–water partition coefficient (Wildman–Crippen LogP) is 1.36. The van der Waals surface area contributed by atoms with E-state index in [1.165, 1.54) is 12.8 Å². The van der Waals surface area contributed by atoms with E-state index in [-0.39, 0.29) is 0 Å². The third-order valence-electron chi connectivity index (χ3n) is 4.05. The van der Waals surface area contributed by atoms with Gasteiger partial charge in [0.2, 0.25) is 5.91 Å². The van der Waals surface area contributed by atoms with Crippen molar-refractivity contribution in [1.29, 1.82) is 0 Å².